The van der Waals surface area contributed by atoms with Crippen molar-refractivity contribution < 1.29 is 14.3 Å². The van der Waals surface area contributed by atoms with Crippen LogP contribution >= 0.6 is 0 Å². The van der Waals surface area contributed by atoms with Crippen LogP contribution in [0.15, 0.2) is 18.2 Å². The lowest BCUT2D eigenvalue weighted by atomic mass is 10.1. The van der Waals surface area contributed by atoms with Crippen molar-refractivity contribution in [2.75, 3.05) is 18.9 Å². The van der Waals surface area contributed by atoms with Crippen LogP contribution in [-0.2, 0) is 4.79 Å². The van der Waals surface area contributed by atoms with Gasteiger partial charge in [0.1, 0.15) is 5.75 Å². The van der Waals surface area contributed by atoms with Gasteiger partial charge in [-0.1, -0.05) is 13.8 Å². The highest BCUT2D eigenvalue weighted by molar-refractivity contribution is 5.95. The molecule has 0 unspecified atom stereocenters. The van der Waals surface area contributed by atoms with Gasteiger partial charge >= 0.3 is 0 Å². The first kappa shape index (κ1) is 16.1. The van der Waals surface area contributed by atoms with Gasteiger partial charge < -0.3 is 21.1 Å². The molecule has 4 N–H and O–H groups in total. The fraction of sp³-hybridized carbons (Fsp3) is 0.500. The van der Waals surface area contributed by atoms with Gasteiger partial charge in [-0.3, -0.25) is 9.59 Å². The Hall–Kier alpha value is -2.24. The van der Waals surface area contributed by atoms with Crippen LogP contribution in [0.1, 0.15) is 37.0 Å². The number of nitrogens with two attached hydrogens (primary N) is 1. The summed E-state index contributed by atoms with van der Waals surface area (Å²) in [6.45, 7) is 4.51. The van der Waals surface area contributed by atoms with E-state index >= 15 is 0 Å². The quantitative estimate of drug-likeness (QED) is 0.662. The zero-order chi connectivity index (χ0) is 16.1. The summed E-state index contributed by atoms with van der Waals surface area (Å²) in [5.74, 6) is 0.379. The minimum atomic E-state index is -0.207. The Labute approximate surface area is 130 Å². The molecule has 0 bridgehead atoms. The molecule has 22 heavy (non-hydrogen) atoms. The summed E-state index contributed by atoms with van der Waals surface area (Å²) >= 11 is 0. The normalized spacial score (nSPS) is 13.8. The summed E-state index contributed by atoms with van der Waals surface area (Å²) in [7, 11) is 0. The molecule has 1 saturated carbocycles. The SMILES string of the molecule is CC(C)CNC(=O)COc1cc(C(=O)NC2CC2)ccc1N. The van der Waals surface area contributed by atoms with Crippen molar-refractivity contribution in [3.8, 4) is 5.75 Å². The molecule has 2 amide bonds. The van der Waals surface area contributed by atoms with Crippen LogP contribution in [0.5, 0.6) is 5.75 Å². The van der Waals surface area contributed by atoms with Crippen LogP contribution in [0, 0.1) is 5.92 Å². The van der Waals surface area contributed by atoms with E-state index in [1.807, 2.05) is 13.8 Å². The predicted molar refractivity (Wildman–Crippen MR) is 84.7 cm³/mol. The number of amides is 2. The smallest absolute Gasteiger partial charge is 0.257 e. The minimum absolute atomic E-state index is 0.120. The van der Waals surface area contributed by atoms with Gasteiger partial charge in [0, 0.05) is 18.2 Å². The minimum Gasteiger partial charge on any atom is -0.482 e. The van der Waals surface area contributed by atoms with Gasteiger partial charge in [-0.25, -0.2) is 0 Å². The first-order chi connectivity index (χ1) is 10.5. The number of carbonyl (C=O) groups is 2. The predicted octanol–water partition coefficient (Wildman–Crippen LogP) is 1.31. The summed E-state index contributed by atoms with van der Waals surface area (Å²) in [4.78, 5) is 23.6. The van der Waals surface area contributed by atoms with E-state index in [0.717, 1.165) is 12.8 Å². The largest absolute Gasteiger partial charge is 0.482 e. The molecule has 2 rings (SSSR count). The average Bonchev–Trinajstić information content (AvgIpc) is 3.28. The van der Waals surface area contributed by atoms with Crippen molar-refractivity contribution in [2.24, 2.45) is 5.92 Å². The Bertz CT molecular complexity index is 554. The third kappa shape index (κ3) is 4.95. The van der Waals surface area contributed by atoms with Crippen molar-refractivity contribution in [1.29, 1.82) is 0 Å². The molecule has 120 valence electrons. The molecular formula is C16H23N3O3. The molecule has 1 fully saturated rings. The van der Waals surface area contributed by atoms with Crippen molar-refractivity contribution in [2.45, 2.75) is 32.7 Å². The molecule has 0 spiro atoms. The highest BCUT2D eigenvalue weighted by Crippen LogP contribution is 2.24. The average molecular weight is 305 g/mol. The third-order valence-corrected chi connectivity index (χ3v) is 3.25. The second kappa shape index (κ2) is 7.15. The summed E-state index contributed by atoms with van der Waals surface area (Å²) in [5, 5.41) is 5.66. The maximum absolute atomic E-state index is 12.0. The van der Waals surface area contributed by atoms with Gasteiger partial charge in [-0.05, 0) is 37.0 Å². The number of ether oxygens (including phenoxy) is 1. The number of benzene rings is 1. The van der Waals surface area contributed by atoms with E-state index in [1.54, 1.807) is 18.2 Å². The molecule has 6 nitrogen and oxygen atoms in total. The van der Waals surface area contributed by atoms with Gasteiger partial charge in [0.05, 0.1) is 5.69 Å². The van der Waals surface area contributed by atoms with E-state index in [1.165, 1.54) is 0 Å². The lowest BCUT2D eigenvalue weighted by Crippen LogP contribution is -2.31. The van der Waals surface area contributed by atoms with Gasteiger partial charge in [-0.15, -0.1) is 0 Å². The molecule has 1 aromatic carbocycles. The number of carbonyl (C=O) groups excluding carboxylic acids is 2. The van der Waals surface area contributed by atoms with Crippen molar-refractivity contribution in [3.05, 3.63) is 23.8 Å². The molecule has 0 saturated heterocycles. The maximum atomic E-state index is 12.0. The highest BCUT2D eigenvalue weighted by atomic mass is 16.5. The molecule has 6 heteroatoms. The molecule has 0 aromatic heterocycles. The van der Waals surface area contributed by atoms with Crippen LogP contribution in [0.2, 0.25) is 0 Å². The van der Waals surface area contributed by atoms with Gasteiger partial charge in [0.15, 0.2) is 6.61 Å². The van der Waals surface area contributed by atoms with Crippen LogP contribution in [-0.4, -0.2) is 31.0 Å². The van der Waals surface area contributed by atoms with Gasteiger partial charge in [-0.2, -0.15) is 0 Å². The first-order valence-electron chi connectivity index (χ1n) is 7.55. The summed E-state index contributed by atoms with van der Waals surface area (Å²) < 4.78 is 5.43. The van der Waals surface area contributed by atoms with E-state index in [2.05, 4.69) is 10.6 Å². The van der Waals surface area contributed by atoms with Crippen molar-refractivity contribution in [3.63, 3.8) is 0 Å². The number of nitrogen functional groups attached to an aromatic ring is 1. The van der Waals surface area contributed by atoms with Gasteiger partial charge in [0.2, 0.25) is 0 Å². The topological polar surface area (TPSA) is 93.4 Å². The number of nitrogens with one attached hydrogen (secondary N) is 2. The summed E-state index contributed by atoms with van der Waals surface area (Å²) in [6, 6.07) is 5.13. The monoisotopic (exact) mass is 305 g/mol. The first-order valence-corrected chi connectivity index (χ1v) is 7.55. The number of rotatable bonds is 7. The molecule has 0 heterocycles. The number of hydrogen-bond donors (Lipinski definition) is 3. The van der Waals surface area contributed by atoms with Crippen LogP contribution in [0.25, 0.3) is 0 Å². The maximum Gasteiger partial charge on any atom is 0.257 e. The van der Waals surface area contributed by atoms with E-state index < -0.39 is 0 Å². The van der Waals surface area contributed by atoms with Crippen LogP contribution < -0.4 is 21.1 Å². The lowest BCUT2D eigenvalue weighted by molar-refractivity contribution is -0.123. The fourth-order valence-electron chi connectivity index (χ4n) is 1.81. The van der Waals surface area contributed by atoms with Crippen LogP contribution in [0.3, 0.4) is 0 Å². The lowest BCUT2D eigenvalue weighted by Gasteiger charge is -2.12. The van der Waals surface area contributed by atoms with E-state index in [4.69, 9.17) is 10.5 Å². The van der Waals surface area contributed by atoms with Crippen molar-refractivity contribution in [1.82, 2.24) is 10.6 Å². The second-order valence-corrected chi connectivity index (χ2v) is 5.99. The standard InChI is InChI=1S/C16H23N3O3/c1-10(2)8-18-15(20)9-22-14-7-11(3-6-13(14)17)16(21)19-12-4-5-12/h3,6-7,10,12H,4-5,8-9,17H2,1-2H3,(H,18,20)(H,19,21). The fourth-order valence-corrected chi connectivity index (χ4v) is 1.81. The zero-order valence-electron chi connectivity index (χ0n) is 13.0. The van der Waals surface area contributed by atoms with E-state index in [-0.39, 0.29) is 24.5 Å². The number of anilines is 1. The summed E-state index contributed by atoms with van der Waals surface area (Å²) in [6.07, 6.45) is 2.06. The molecule has 1 aromatic rings. The Kier molecular flexibility index (Phi) is 5.25. The Morgan fingerprint density at radius 1 is 1.36 bits per heavy atom. The molecule has 0 atom stereocenters. The Balaban J connectivity index is 1.91. The van der Waals surface area contributed by atoms with Gasteiger partial charge in [0.25, 0.3) is 11.8 Å². The zero-order valence-corrected chi connectivity index (χ0v) is 13.0. The molecule has 1 aliphatic rings. The molecule has 0 radical (unpaired) electrons. The highest BCUT2D eigenvalue weighted by Gasteiger charge is 2.24. The Morgan fingerprint density at radius 2 is 2.09 bits per heavy atom. The van der Waals surface area contributed by atoms with E-state index in [0.29, 0.717) is 29.5 Å². The second-order valence-electron chi connectivity index (χ2n) is 5.99. The number of hydrogen-bond acceptors (Lipinski definition) is 4. The molecule has 0 aliphatic heterocycles. The Morgan fingerprint density at radius 3 is 2.73 bits per heavy atom. The van der Waals surface area contributed by atoms with Crippen LogP contribution in [0.4, 0.5) is 5.69 Å². The molecular weight excluding hydrogens is 282 g/mol. The van der Waals surface area contributed by atoms with Crippen molar-refractivity contribution >= 4 is 17.5 Å². The summed E-state index contributed by atoms with van der Waals surface area (Å²) in [5.41, 5.74) is 6.71. The third-order valence-electron chi connectivity index (χ3n) is 3.25. The van der Waals surface area contributed by atoms with E-state index in [9.17, 15) is 9.59 Å². The molecule has 1 aliphatic carbocycles.